The first-order valence-corrected chi connectivity index (χ1v) is 12.0. The van der Waals surface area contributed by atoms with Crippen molar-refractivity contribution >= 4 is 33.5 Å². The van der Waals surface area contributed by atoms with Gasteiger partial charge in [-0.05, 0) is 75.9 Å². The molecule has 2 aromatic carbocycles. The quantitative estimate of drug-likeness (QED) is 0.461. The zero-order valence-electron chi connectivity index (χ0n) is 18.3. The number of benzene rings is 2. The second kappa shape index (κ2) is 9.52. The van der Waals surface area contributed by atoms with E-state index in [0.717, 1.165) is 29.6 Å². The highest BCUT2D eigenvalue weighted by Gasteiger charge is 2.12. The Kier molecular flexibility index (Phi) is 6.58. The van der Waals surface area contributed by atoms with Crippen molar-refractivity contribution in [3.63, 3.8) is 0 Å². The van der Waals surface area contributed by atoms with Crippen LogP contribution in [0.1, 0.15) is 38.7 Å². The van der Waals surface area contributed by atoms with Gasteiger partial charge in [0, 0.05) is 54.2 Å². The lowest BCUT2D eigenvalue weighted by molar-refractivity contribution is 0.578. The molecule has 0 aliphatic carbocycles. The Labute approximate surface area is 184 Å². The molecule has 1 aromatic heterocycles. The minimum absolute atomic E-state index is 0.934. The van der Waals surface area contributed by atoms with Crippen LogP contribution in [0.15, 0.2) is 47.8 Å². The summed E-state index contributed by atoms with van der Waals surface area (Å²) >= 11 is 1.66. The first kappa shape index (κ1) is 20.7. The molecule has 0 bridgehead atoms. The van der Waals surface area contributed by atoms with Gasteiger partial charge in [0.15, 0.2) is 5.13 Å². The summed E-state index contributed by atoms with van der Waals surface area (Å²) in [4.78, 5) is 9.69. The van der Waals surface area contributed by atoms with Crippen LogP contribution in [-0.4, -0.2) is 31.2 Å². The van der Waals surface area contributed by atoms with E-state index in [0.29, 0.717) is 0 Å². The summed E-state index contributed by atoms with van der Waals surface area (Å²) in [5.74, 6) is 0. The fourth-order valence-electron chi connectivity index (χ4n) is 4.15. The van der Waals surface area contributed by atoms with Gasteiger partial charge in [-0.15, -0.1) is 11.3 Å². The molecule has 1 fully saturated rings. The lowest BCUT2D eigenvalue weighted by Crippen LogP contribution is -2.29. The largest absolute Gasteiger partial charge is 0.372 e. The van der Waals surface area contributed by atoms with Gasteiger partial charge in [0.25, 0.3) is 0 Å². The zero-order chi connectivity index (χ0) is 20.9. The zero-order valence-corrected chi connectivity index (χ0v) is 19.1. The van der Waals surface area contributed by atoms with Crippen molar-refractivity contribution in [3.8, 4) is 11.3 Å². The first-order chi connectivity index (χ1) is 14.7. The van der Waals surface area contributed by atoms with Crippen molar-refractivity contribution in [2.45, 2.75) is 40.0 Å². The SMILES string of the molecule is CCN(CC)c1ccc(Nc2nc(-c3ccc(N4CCCCC4)cc3)cs2)c(C)c1. The van der Waals surface area contributed by atoms with E-state index in [4.69, 9.17) is 4.98 Å². The monoisotopic (exact) mass is 420 g/mol. The molecule has 0 atom stereocenters. The number of hydrogen-bond donors (Lipinski definition) is 1. The topological polar surface area (TPSA) is 31.4 Å². The molecule has 1 saturated heterocycles. The van der Waals surface area contributed by atoms with E-state index in [1.807, 2.05) is 0 Å². The van der Waals surface area contributed by atoms with Crippen LogP contribution in [0, 0.1) is 6.92 Å². The first-order valence-electron chi connectivity index (χ1n) is 11.1. The number of aryl methyl sites for hydroxylation is 1. The number of anilines is 4. The average Bonchev–Trinajstić information content (AvgIpc) is 3.26. The number of nitrogens with one attached hydrogen (secondary N) is 1. The van der Waals surface area contributed by atoms with Gasteiger partial charge in [0.1, 0.15) is 0 Å². The van der Waals surface area contributed by atoms with E-state index < -0.39 is 0 Å². The highest BCUT2D eigenvalue weighted by molar-refractivity contribution is 7.14. The van der Waals surface area contributed by atoms with Crippen LogP contribution in [0.3, 0.4) is 0 Å². The highest BCUT2D eigenvalue weighted by Crippen LogP contribution is 2.31. The molecular weight excluding hydrogens is 388 g/mol. The van der Waals surface area contributed by atoms with Crippen molar-refractivity contribution in [2.75, 3.05) is 41.3 Å². The molecule has 0 amide bonds. The highest BCUT2D eigenvalue weighted by atomic mass is 32.1. The van der Waals surface area contributed by atoms with Gasteiger partial charge in [-0.2, -0.15) is 0 Å². The smallest absolute Gasteiger partial charge is 0.187 e. The number of piperidine rings is 1. The second-order valence-electron chi connectivity index (χ2n) is 7.93. The van der Waals surface area contributed by atoms with E-state index >= 15 is 0 Å². The summed E-state index contributed by atoms with van der Waals surface area (Å²) in [5, 5.41) is 6.58. The number of thiazole rings is 1. The van der Waals surface area contributed by atoms with Crippen molar-refractivity contribution < 1.29 is 0 Å². The van der Waals surface area contributed by atoms with E-state index in [-0.39, 0.29) is 0 Å². The molecule has 2 heterocycles. The Balaban J connectivity index is 1.45. The van der Waals surface area contributed by atoms with Gasteiger partial charge in [-0.3, -0.25) is 0 Å². The van der Waals surface area contributed by atoms with Crippen LogP contribution in [0.4, 0.5) is 22.2 Å². The van der Waals surface area contributed by atoms with Gasteiger partial charge in [-0.25, -0.2) is 4.98 Å². The normalized spacial score (nSPS) is 14.0. The lowest BCUT2D eigenvalue weighted by Gasteiger charge is -2.28. The van der Waals surface area contributed by atoms with Crippen molar-refractivity contribution in [1.29, 1.82) is 0 Å². The summed E-state index contributed by atoms with van der Waals surface area (Å²) in [6, 6.07) is 15.5. The molecule has 3 aromatic rings. The Morgan fingerprint density at radius 3 is 2.40 bits per heavy atom. The Bertz CT molecular complexity index is 954. The van der Waals surface area contributed by atoms with Crippen molar-refractivity contribution in [2.24, 2.45) is 0 Å². The molecule has 158 valence electrons. The maximum absolute atomic E-state index is 4.83. The van der Waals surface area contributed by atoms with Crippen LogP contribution < -0.4 is 15.1 Å². The summed E-state index contributed by atoms with van der Waals surface area (Å²) < 4.78 is 0. The van der Waals surface area contributed by atoms with Crippen molar-refractivity contribution in [1.82, 2.24) is 4.98 Å². The van der Waals surface area contributed by atoms with Crippen LogP contribution in [-0.2, 0) is 0 Å². The summed E-state index contributed by atoms with van der Waals surface area (Å²) in [7, 11) is 0. The standard InChI is InChI=1S/C25H32N4S/c1-4-28(5-2)22-13-14-23(19(3)17-22)26-25-27-24(18-30-25)20-9-11-21(12-10-20)29-15-7-6-8-16-29/h9-14,17-18H,4-8,15-16H2,1-3H3,(H,26,27). The van der Waals surface area contributed by atoms with E-state index in [1.54, 1.807) is 11.3 Å². The average molecular weight is 421 g/mol. The molecule has 5 heteroatoms. The van der Waals surface area contributed by atoms with Crippen LogP contribution in [0.5, 0.6) is 0 Å². The van der Waals surface area contributed by atoms with E-state index in [9.17, 15) is 0 Å². The summed E-state index contributed by atoms with van der Waals surface area (Å²) in [6.07, 6.45) is 3.97. The van der Waals surface area contributed by atoms with E-state index in [2.05, 4.69) is 83.7 Å². The van der Waals surface area contributed by atoms with Crippen molar-refractivity contribution in [3.05, 3.63) is 53.4 Å². The number of nitrogens with zero attached hydrogens (tertiary/aromatic N) is 3. The minimum Gasteiger partial charge on any atom is -0.372 e. The van der Waals surface area contributed by atoms with Gasteiger partial charge >= 0.3 is 0 Å². The summed E-state index contributed by atoms with van der Waals surface area (Å²) in [6.45, 7) is 10.9. The maximum Gasteiger partial charge on any atom is 0.187 e. The van der Waals surface area contributed by atoms with Gasteiger partial charge in [0.05, 0.1) is 5.69 Å². The minimum atomic E-state index is 0.934. The molecule has 30 heavy (non-hydrogen) atoms. The maximum atomic E-state index is 4.83. The van der Waals surface area contributed by atoms with Gasteiger partial charge < -0.3 is 15.1 Å². The molecule has 0 spiro atoms. The second-order valence-corrected chi connectivity index (χ2v) is 8.79. The van der Waals surface area contributed by atoms with Gasteiger partial charge in [-0.1, -0.05) is 12.1 Å². The van der Waals surface area contributed by atoms with Gasteiger partial charge in [0.2, 0.25) is 0 Å². The number of aromatic nitrogens is 1. The molecule has 0 radical (unpaired) electrons. The molecule has 1 N–H and O–H groups in total. The lowest BCUT2D eigenvalue weighted by atomic mass is 10.1. The third-order valence-electron chi connectivity index (χ3n) is 5.97. The molecule has 0 unspecified atom stereocenters. The molecule has 4 rings (SSSR count). The molecular formula is C25H32N4S. The third-order valence-corrected chi connectivity index (χ3v) is 6.73. The summed E-state index contributed by atoms with van der Waals surface area (Å²) in [5.41, 5.74) is 7.17. The predicted octanol–water partition coefficient (Wildman–Crippen LogP) is 6.70. The van der Waals surface area contributed by atoms with Crippen LogP contribution >= 0.6 is 11.3 Å². The fraction of sp³-hybridized carbons (Fsp3) is 0.400. The van der Waals surface area contributed by atoms with Crippen LogP contribution in [0.2, 0.25) is 0 Å². The van der Waals surface area contributed by atoms with E-state index in [1.165, 1.54) is 54.9 Å². The Hall–Kier alpha value is -2.53. The third kappa shape index (κ3) is 4.62. The number of rotatable bonds is 7. The fourth-order valence-corrected chi connectivity index (χ4v) is 4.88. The Morgan fingerprint density at radius 2 is 1.73 bits per heavy atom. The van der Waals surface area contributed by atoms with Crippen LogP contribution in [0.25, 0.3) is 11.3 Å². The molecule has 0 saturated carbocycles. The predicted molar refractivity (Wildman–Crippen MR) is 132 cm³/mol. The molecule has 1 aliphatic heterocycles. The Morgan fingerprint density at radius 1 is 1.00 bits per heavy atom. The molecule has 4 nitrogen and oxygen atoms in total. The molecule has 1 aliphatic rings. The number of hydrogen-bond acceptors (Lipinski definition) is 5.